The third-order valence-electron chi connectivity index (χ3n) is 4.31. The lowest BCUT2D eigenvalue weighted by molar-refractivity contribution is 0.0403. The monoisotopic (exact) mass is 266 g/mol. The first-order valence-corrected chi connectivity index (χ1v) is 7.22. The fraction of sp³-hybridized carbons (Fsp3) is 0.600. The van der Waals surface area contributed by atoms with Gasteiger partial charge in [-0.1, -0.05) is 12.1 Å². The highest BCUT2D eigenvalue weighted by atomic mass is 35.5. The molecule has 1 aromatic carbocycles. The van der Waals surface area contributed by atoms with E-state index in [-0.39, 0.29) is 5.41 Å². The van der Waals surface area contributed by atoms with Crippen LogP contribution in [0.3, 0.4) is 0 Å². The number of phenols is 1. The highest BCUT2D eigenvalue weighted by Gasteiger charge is 2.50. The van der Waals surface area contributed by atoms with Gasteiger partial charge in [-0.15, -0.1) is 11.6 Å². The maximum atomic E-state index is 9.34. The highest BCUT2D eigenvalue weighted by molar-refractivity contribution is 6.18. The van der Waals surface area contributed by atoms with E-state index >= 15 is 0 Å². The van der Waals surface area contributed by atoms with Crippen molar-refractivity contribution >= 4 is 11.6 Å². The predicted octanol–water partition coefficient (Wildman–Crippen LogP) is 3.36. The minimum atomic E-state index is 0.0969. The molecule has 2 nitrogen and oxygen atoms in total. The topological polar surface area (TPSA) is 29.5 Å². The van der Waals surface area contributed by atoms with E-state index in [1.165, 1.54) is 18.4 Å². The Hall–Kier alpha value is -0.730. The van der Waals surface area contributed by atoms with Gasteiger partial charge >= 0.3 is 0 Å². The lowest BCUT2D eigenvalue weighted by atomic mass is 9.76. The average Bonchev–Trinajstić information content (AvgIpc) is 3.14. The van der Waals surface area contributed by atoms with Crippen LogP contribution in [0.5, 0.6) is 5.75 Å². The number of benzene rings is 1. The molecule has 0 aromatic heterocycles. The largest absolute Gasteiger partial charge is 0.508 e. The lowest BCUT2D eigenvalue weighted by Crippen LogP contribution is -2.36. The standard InChI is InChI=1S/C15H19ClO2/c16-10-15(7-8-18-14(15)12-3-4-12)9-11-1-5-13(17)6-2-11/h1-2,5-6,12,14,17H,3-4,7-10H2. The average molecular weight is 267 g/mol. The van der Waals surface area contributed by atoms with E-state index < -0.39 is 0 Å². The predicted molar refractivity (Wildman–Crippen MR) is 72.0 cm³/mol. The molecule has 0 radical (unpaired) electrons. The Kier molecular flexibility index (Phi) is 3.25. The molecule has 1 saturated carbocycles. The zero-order valence-corrected chi connectivity index (χ0v) is 11.2. The van der Waals surface area contributed by atoms with Crippen LogP contribution in [0.4, 0.5) is 0 Å². The molecule has 1 saturated heterocycles. The van der Waals surface area contributed by atoms with E-state index in [9.17, 15) is 5.11 Å². The van der Waals surface area contributed by atoms with Crippen LogP contribution in [0.2, 0.25) is 0 Å². The van der Waals surface area contributed by atoms with E-state index in [0.717, 1.165) is 25.4 Å². The van der Waals surface area contributed by atoms with Crippen LogP contribution in [-0.4, -0.2) is 23.7 Å². The second-order valence-corrected chi connectivity index (χ2v) is 5.99. The molecule has 2 atom stereocenters. The van der Waals surface area contributed by atoms with Gasteiger partial charge in [0, 0.05) is 17.9 Å². The number of hydrogen-bond donors (Lipinski definition) is 1. The van der Waals surface area contributed by atoms with Crippen molar-refractivity contribution in [3.63, 3.8) is 0 Å². The Balaban J connectivity index is 1.80. The molecule has 18 heavy (non-hydrogen) atoms. The summed E-state index contributed by atoms with van der Waals surface area (Å²) in [6, 6.07) is 7.48. The Morgan fingerprint density at radius 1 is 1.28 bits per heavy atom. The summed E-state index contributed by atoms with van der Waals surface area (Å²) in [5.74, 6) is 1.71. The van der Waals surface area contributed by atoms with Gasteiger partial charge in [0.15, 0.2) is 0 Å². The molecule has 0 spiro atoms. The number of rotatable bonds is 4. The maximum absolute atomic E-state index is 9.34. The van der Waals surface area contributed by atoms with E-state index in [0.29, 0.717) is 17.7 Å². The SMILES string of the molecule is Oc1ccc(CC2(CCl)CCOC2C2CC2)cc1. The van der Waals surface area contributed by atoms with Crippen LogP contribution >= 0.6 is 11.6 Å². The summed E-state index contributed by atoms with van der Waals surface area (Å²) in [5, 5.41) is 9.34. The smallest absolute Gasteiger partial charge is 0.115 e. The van der Waals surface area contributed by atoms with E-state index in [2.05, 4.69) is 0 Å². The summed E-state index contributed by atoms with van der Waals surface area (Å²) in [4.78, 5) is 0. The molecular weight excluding hydrogens is 248 g/mol. The highest BCUT2D eigenvalue weighted by Crippen LogP contribution is 2.50. The van der Waals surface area contributed by atoms with Crippen molar-refractivity contribution < 1.29 is 9.84 Å². The Morgan fingerprint density at radius 2 is 2.00 bits per heavy atom. The molecule has 2 fully saturated rings. The van der Waals surface area contributed by atoms with Gasteiger partial charge in [-0.05, 0) is 49.3 Å². The molecule has 2 aliphatic rings. The maximum Gasteiger partial charge on any atom is 0.115 e. The molecule has 3 heteroatoms. The van der Waals surface area contributed by atoms with E-state index in [1.807, 2.05) is 12.1 Å². The molecule has 0 amide bonds. The molecule has 1 aliphatic heterocycles. The molecule has 1 N–H and O–H groups in total. The normalized spacial score (nSPS) is 31.7. The third-order valence-corrected chi connectivity index (χ3v) is 4.84. The van der Waals surface area contributed by atoms with Crippen LogP contribution in [0, 0.1) is 11.3 Å². The molecule has 1 aromatic rings. The Morgan fingerprint density at radius 3 is 2.61 bits per heavy atom. The van der Waals surface area contributed by atoms with E-state index in [1.54, 1.807) is 12.1 Å². The minimum absolute atomic E-state index is 0.0969. The second kappa shape index (κ2) is 4.75. The molecule has 1 heterocycles. The van der Waals surface area contributed by atoms with Gasteiger partial charge in [0.2, 0.25) is 0 Å². The summed E-state index contributed by atoms with van der Waals surface area (Å²) in [6.45, 7) is 0.839. The van der Waals surface area contributed by atoms with Crippen molar-refractivity contribution in [2.45, 2.75) is 31.8 Å². The van der Waals surface area contributed by atoms with Crippen molar-refractivity contribution in [3.05, 3.63) is 29.8 Å². The van der Waals surface area contributed by atoms with Gasteiger partial charge in [-0.3, -0.25) is 0 Å². The zero-order valence-electron chi connectivity index (χ0n) is 10.4. The number of phenolic OH excluding ortho intramolecular Hbond substituents is 1. The number of hydrogen-bond acceptors (Lipinski definition) is 2. The lowest BCUT2D eigenvalue weighted by Gasteiger charge is -2.32. The van der Waals surface area contributed by atoms with Crippen LogP contribution in [0.25, 0.3) is 0 Å². The summed E-state index contributed by atoms with van der Waals surface area (Å²) in [7, 11) is 0. The number of halogens is 1. The molecule has 0 bridgehead atoms. The van der Waals surface area contributed by atoms with Crippen molar-refractivity contribution in [1.82, 2.24) is 0 Å². The van der Waals surface area contributed by atoms with Crippen molar-refractivity contribution in [1.29, 1.82) is 0 Å². The number of ether oxygens (including phenoxy) is 1. The Bertz CT molecular complexity index is 413. The van der Waals surface area contributed by atoms with E-state index in [4.69, 9.17) is 16.3 Å². The fourth-order valence-corrected chi connectivity index (χ4v) is 3.52. The Labute approximate surface area is 113 Å². The zero-order chi connectivity index (χ0) is 12.6. The summed E-state index contributed by atoms with van der Waals surface area (Å²) in [5.41, 5.74) is 1.34. The quantitative estimate of drug-likeness (QED) is 0.847. The molecule has 1 aliphatic carbocycles. The third kappa shape index (κ3) is 2.24. The van der Waals surface area contributed by atoms with Crippen molar-refractivity contribution in [2.75, 3.05) is 12.5 Å². The van der Waals surface area contributed by atoms with Crippen molar-refractivity contribution in [3.8, 4) is 5.75 Å². The van der Waals surface area contributed by atoms with Crippen LogP contribution < -0.4 is 0 Å². The summed E-state index contributed by atoms with van der Waals surface area (Å²) in [6.07, 6.45) is 4.93. The van der Waals surface area contributed by atoms with Gasteiger partial charge in [0.1, 0.15) is 5.75 Å². The van der Waals surface area contributed by atoms with Gasteiger partial charge in [0.05, 0.1) is 6.10 Å². The fourth-order valence-electron chi connectivity index (χ4n) is 3.14. The molecule has 3 rings (SSSR count). The van der Waals surface area contributed by atoms with Gasteiger partial charge in [0.25, 0.3) is 0 Å². The van der Waals surface area contributed by atoms with Gasteiger partial charge < -0.3 is 9.84 Å². The second-order valence-electron chi connectivity index (χ2n) is 5.72. The van der Waals surface area contributed by atoms with Gasteiger partial charge in [-0.2, -0.15) is 0 Å². The van der Waals surface area contributed by atoms with Crippen LogP contribution in [-0.2, 0) is 11.2 Å². The van der Waals surface area contributed by atoms with Crippen LogP contribution in [0.15, 0.2) is 24.3 Å². The molecule has 2 unspecified atom stereocenters. The summed E-state index contributed by atoms with van der Waals surface area (Å²) >= 11 is 6.28. The van der Waals surface area contributed by atoms with Gasteiger partial charge in [-0.25, -0.2) is 0 Å². The first-order valence-electron chi connectivity index (χ1n) is 6.69. The first-order chi connectivity index (χ1) is 8.73. The number of alkyl halides is 1. The number of aromatic hydroxyl groups is 1. The molecular formula is C15H19ClO2. The van der Waals surface area contributed by atoms with Crippen LogP contribution in [0.1, 0.15) is 24.8 Å². The summed E-state index contributed by atoms with van der Waals surface area (Å²) < 4.78 is 5.95. The minimum Gasteiger partial charge on any atom is -0.508 e. The molecule has 98 valence electrons. The van der Waals surface area contributed by atoms with Crippen molar-refractivity contribution in [2.24, 2.45) is 11.3 Å². The first kappa shape index (κ1) is 12.3.